The molecule has 1 saturated heterocycles. The highest BCUT2D eigenvalue weighted by Crippen LogP contribution is 2.13. The summed E-state index contributed by atoms with van der Waals surface area (Å²) >= 11 is 0. The lowest BCUT2D eigenvalue weighted by molar-refractivity contribution is 0.0120. The van der Waals surface area contributed by atoms with E-state index in [1.54, 1.807) is 0 Å². The fourth-order valence-corrected chi connectivity index (χ4v) is 2.22. The van der Waals surface area contributed by atoms with E-state index >= 15 is 0 Å². The molecule has 3 nitrogen and oxygen atoms in total. The van der Waals surface area contributed by atoms with E-state index in [2.05, 4.69) is 37.9 Å². The summed E-state index contributed by atoms with van der Waals surface area (Å²) in [6.07, 6.45) is 1.28. The van der Waals surface area contributed by atoms with E-state index in [9.17, 15) is 0 Å². The highest BCUT2D eigenvalue weighted by atomic mass is 16.5. The van der Waals surface area contributed by atoms with Crippen LogP contribution in [0.15, 0.2) is 0 Å². The van der Waals surface area contributed by atoms with E-state index in [1.807, 2.05) is 0 Å². The van der Waals surface area contributed by atoms with Crippen LogP contribution >= 0.6 is 0 Å². The Bertz CT molecular complexity index is 177. The molecule has 1 rings (SSSR count). The van der Waals surface area contributed by atoms with Gasteiger partial charge in [0.05, 0.1) is 13.2 Å². The van der Waals surface area contributed by atoms with Crippen LogP contribution in [0.4, 0.5) is 0 Å². The van der Waals surface area contributed by atoms with Gasteiger partial charge in [-0.3, -0.25) is 4.90 Å². The van der Waals surface area contributed by atoms with Crippen LogP contribution < -0.4 is 5.32 Å². The third kappa shape index (κ3) is 5.28. The summed E-state index contributed by atoms with van der Waals surface area (Å²) in [5, 5.41) is 3.57. The van der Waals surface area contributed by atoms with Crippen molar-refractivity contribution >= 4 is 0 Å². The molecule has 0 saturated carbocycles. The number of nitrogens with zero attached hydrogens (tertiary/aromatic N) is 1. The maximum absolute atomic E-state index is 5.42. The quantitative estimate of drug-likeness (QED) is 0.749. The molecule has 0 aromatic heterocycles. The average Bonchev–Trinajstić information content (AvgIpc) is 2.25. The van der Waals surface area contributed by atoms with Gasteiger partial charge in [0.2, 0.25) is 0 Å². The standard InChI is InChI=1S/C13H28N2O/c1-11(2)9-13(10-14-12(3)4)15-5-7-16-8-6-15/h11-14H,5-10H2,1-4H3. The second-order valence-corrected chi connectivity index (χ2v) is 5.49. The first-order valence-corrected chi connectivity index (χ1v) is 6.64. The van der Waals surface area contributed by atoms with Crippen LogP contribution in [0.25, 0.3) is 0 Å². The first-order valence-electron chi connectivity index (χ1n) is 6.64. The molecule has 0 radical (unpaired) electrons. The van der Waals surface area contributed by atoms with Crippen LogP contribution in [0.2, 0.25) is 0 Å². The molecule has 3 heteroatoms. The minimum Gasteiger partial charge on any atom is -0.379 e. The maximum atomic E-state index is 5.42. The molecular formula is C13H28N2O. The van der Waals surface area contributed by atoms with Gasteiger partial charge >= 0.3 is 0 Å². The van der Waals surface area contributed by atoms with Crippen molar-refractivity contribution in [1.29, 1.82) is 0 Å². The van der Waals surface area contributed by atoms with Gasteiger partial charge in [-0.25, -0.2) is 0 Å². The minimum absolute atomic E-state index is 0.579. The van der Waals surface area contributed by atoms with Gasteiger partial charge < -0.3 is 10.1 Å². The number of hydrogen-bond acceptors (Lipinski definition) is 3. The van der Waals surface area contributed by atoms with E-state index in [0.29, 0.717) is 12.1 Å². The van der Waals surface area contributed by atoms with Gasteiger partial charge in [0.1, 0.15) is 0 Å². The van der Waals surface area contributed by atoms with Crippen molar-refractivity contribution in [3.05, 3.63) is 0 Å². The van der Waals surface area contributed by atoms with Crippen molar-refractivity contribution in [1.82, 2.24) is 10.2 Å². The molecule has 1 heterocycles. The normalized spacial score (nSPS) is 20.6. The maximum Gasteiger partial charge on any atom is 0.0594 e. The van der Waals surface area contributed by atoms with Gasteiger partial charge in [-0.2, -0.15) is 0 Å². The summed E-state index contributed by atoms with van der Waals surface area (Å²) in [5.74, 6) is 0.766. The third-order valence-corrected chi connectivity index (χ3v) is 3.07. The number of nitrogens with one attached hydrogen (secondary N) is 1. The highest BCUT2D eigenvalue weighted by Gasteiger charge is 2.21. The Balaban J connectivity index is 2.41. The number of ether oxygens (including phenoxy) is 1. The summed E-state index contributed by atoms with van der Waals surface area (Å²) in [4.78, 5) is 2.58. The zero-order chi connectivity index (χ0) is 12.0. The molecule has 0 aromatic carbocycles. The monoisotopic (exact) mass is 228 g/mol. The van der Waals surface area contributed by atoms with E-state index in [4.69, 9.17) is 4.74 Å². The Hall–Kier alpha value is -0.120. The van der Waals surface area contributed by atoms with Gasteiger partial charge in [0, 0.05) is 31.7 Å². The Morgan fingerprint density at radius 3 is 2.25 bits per heavy atom. The van der Waals surface area contributed by atoms with Crippen LogP contribution in [-0.2, 0) is 4.74 Å². The molecular weight excluding hydrogens is 200 g/mol. The topological polar surface area (TPSA) is 24.5 Å². The molecule has 16 heavy (non-hydrogen) atoms. The van der Waals surface area contributed by atoms with Crippen LogP contribution in [0.3, 0.4) is 0 Å². The van der Waals surface area contributed by atoms with Crippen molar-refractivity contribution in [2.45, 2.75) is 46.2 Å². The van der Waals surface area contributed by atoms with Crippen molar-refractivity contribution in [3.63, 3.8) is 0 Å². The smallest absolute Gasteiger partial charge is 0.0594 e. The first-order chi connectivity index (χ1) is 7.59. The molecule has 0 aliphatic carbocycles. The van der Waals surface area contributed by atoms with Gasteiger partial charge in [-0.1, -0.05) is 27.7 Å². The molecule has 1 N–H and O–H groups in total. The molecule has 1 unspecified atom stereocenters. The molecule has 1 aliphatic rings. The molecule has 96 valence electrons. The minimum atomic E-state index is 0.579. The van der Waals surface area contributed by atoms with Crippen molar-refractivity contribution in [2.24, 2.45) is 5.92 Å². The van der Waals surface area contributed by atoms with Crippen LogP contribution in [0, 0.1) is 5.92 Å². The zero-order valence-corrected chi connectivity index (χ0v) is 11.3. The van der Waals surface area contributed by atoms with E-state index in [-0.39, 0.29) is 0 Å². The van der Waals surface area contributed by atoms with Crippen LogP contribution in [0.1, 0.15) is 34.1 Å². The molecule has 0 amide bonds. The Kier molecular flexibility index (Phi) is 6.32. The second-order valence-electron chi connectivity index (χ2n) is 5.49. The third-order valence-electron chi connectivity index (χ3n) is 3.07. The fraction of sp³-hybridized carbons (Fsp3) is 1.00. The average molecular weight is 228 g/mol. The summed E-state index contributed by atoms with van der Waals surface area (Å²) in [7, 11) is 0. The lowest BCUT2D eigenvalue weighted by Crippen LogP contribution is -2.49. The molecule has 1 fully saturated rings. The first kappa shape index (κ1) is 13.9. The van der Waals surface area contributed by atoms with Crippen LogP contribution in [-0.4, -0.2) is 49.8 Å². The molecule has 1 aliphatic heterocycles. The van der Waals surface area contributed by atoms with Gasteiger partial charge in [-0.15, -0.1) is 0 Å². The van der Waals surface area contributed by atoms with Gasteiger partial charge in [0.15, 0.2) is 0 Å². The van der Waals surface area contributed by atoms with E-state index in [0.717, 1.165) is 38.8 Å². The molecule has 0 aromatic rings. The lowest BCUT2D eigenvalue weighted by atomic mass is 10.0. The lowest BCUT2D eigenvalue weighted by Gasteiger charge is -2.36. The van der Waals surface area contributed by atoms with Crippen molar-refractivity contribution in [3.8, 4) is 0 Å². The predicted molar refractivity (Wildman–Crippen MR) is 68.8 cm³/mol. The Labute approximate surface area is 101 Å². The summed E-state index contributed by atoms with van der Waals surface area (Å²) in [6.45, 7) is 14.1. The summed E-state index contributed by atoms with van der Waals surface area (Å²) < 4.78 is 5.42. The molecule has 0 bridgehead atoms. The number of hydrogen-bond donors (Lipinski definition) is 1. The summed E-state index contributed by atoms with van der Waals surface area (Å²) in [5.41, 5.74) is 0. The number of rotatable bonds is 6. The van der Waals surface area contributed by atoms with Crippen molar-refractivity contribution < 1.29 is 4.74 Å². The zero-order valence-electron chi connectivity index (χ0n) is 11.3. The SMILES string of the molecule is CC(C)CC(CNC(C)C)N1CCOCC1. The molecule has 0 spiro atoms. The highest BCUT2D eigenvalue weighted by molar-refractivity contribution is 4.78. The van der Waals surface area contributed by atoms with Gasteiger partial charge in [-0.05, 0) is 12.3 Å². The largest absolute Gasteiger partial charge is 0.379 e. The fourth-order valence-electron chi connectivity index (χ4n) is 2.22. The van der Waals surface area contributed by atoms with Gasteiger partial charge in [0.25, 0.3) is 0 Å². The second kappa shape index (κ2) is 7.25. The Morgan fingerprint density at radius 2 is 1.75 bits per heavy atom. The predicted octanol–water partition coefficient (Wildman–Crippen LogP) is 1.73. The Morgan fingerprint density at radius 1 is 1.12 bits per heavy atom. The summed E-state index contributed by atoms with van der Waals surface area (Å²) in [6, 6.07) is 1.25. The van der Waals surface area contributed by atoms with E-state index < -0.39 is 0 Å². The van der Waals surface area contributed by atoms with E-state index in [1.165, 1.54) is 6.42 Å². The van der Waals surface area contributed by atoms with Crippen LogP contribution in [0.5, 0.6) is 0 Å². The van der Waals surface area contributed by atoms with Crippen molar-refractivity contribution in [2.75, 3.05) is 32.8 Å². The number of morpholine rings is 1. The molecule has 1 atom stereocenters.